The van der Waals surface area contributed by atoms with Crippen molar-refractivity contribution >= 4 is 11.9 Å². The molecule has 26 heavy (non-hydrogen) atoms. The van der Waals surface area contributed by atoms with E-state index in [1.807, 2.05) is 36.4 Å². The van der Waals surface area contributed by atoms with Crippen LogP contribution in [0.25, 0.3) is 11.3 Å². The quantitative estimate of drug-likeness (QED) is 0.718. The summed E-state index contributed by atoms with van der Waals surface area (Å²) in [5.41, 5.74) is 2.32. The van der Waals surface area contributed by atoms with Crippen LogP contribution in [0.5, 0.6) is 0 Å². The molecule has 1 N–H and O–H groups in total. The molecule has 0 spiro atoms. The average Bonchev–Trinajstić information content (AvgIpc) is 3.17. The number of carbonyl (C=O) groups is 2. The summed E-state index contributed by atoms with van der Waals surface area (Å²) in [6.45, 7) is 0. The summed E-state index contributed by atoms with van der Waals surface area (Å²) in [5.74, 6) is -0.948. The summed E-state index contributed by atoms with van der Waals surface area (Å²) >= 11 is 0. The fourth-order valence-corrected chi connectivity index (χ4v) is 2.48. The summed E-state index contributed by atoms with van der Waals surface area (Å²) in [6, 6.07) is 20.0. The number of hydrogen-bond donors (Lipinski definition) is 1. The predicted molar refractivity (Wildman–Crippen MR) is 97.3 cm³/mol. The van der Waals surface area contributed by atoms with Gasteiger partial charge in [-0.15, -0.1) is 0 Å². The monoisotopic (exact) mass is 349 g/mol. The van der Waals surface area contributed by atoms with E-state index in [4.69, 9.17) is 4.74 Å². The number of carbonyl (C=O) groups excluding carboxylic acids is 2. The number of rotatable bonds is 5. The van der Waals surface area contributed by atoms with Crippen molar-refractivity contribution in [2.24, 2.45) is 0 Å². The van der Waals surface area contributed by atoms with Gasteiger partial charge in [-0.3, -0.25) is 9.89 Å². The van der Waals surface area contributed by atoms with Crippen LogP contribution in [0.15, 0.2) is 66.7 Å². The molecule has 0 unspecified atom stereocenters. The van der Waals surface area contributed by atoms with Gasteiger partial charge in [0.15, 0.2) is 0 Å². The van der Waals surface area contributed by atoms with Crippen LogP contribution in [0, 0.1) is 0 Å². The van der Waals surface area contributed by atoms with Crippen LogP contribution < -0.4 is 0 Å². The van der Waals surface area contributed by atoms with Crippen molar-refractivity contribution in [3.8, 4) is 11.3 Å². The third-order valence-corrected chi connectivity index (χ3v) is 3.86. The Morgan fingerprint density at radius 3 is 2.23 bits per heavy atom. The molecule has 0 saturated heterocycles. The van der Waals surface area contributed by atoms with E-state index in [1.54, 1.807) is 44.4 Å². The van der Waals surface area contributed by atoms with E-state index >= 15 is 0 Å². The van der Waals surface area contributed by atoms with Gasteiger partial charge in [-0.1, -0.05) is 60.7 Å². The second kappa shape index (κ2) is 7.65. The van der Waals surface area contributed by atoms with Gasteiger partial charge in [-0.2, -0.15) is 5.10 Å². The highest BCUT2D eigenvalue weighted by Gasteiger charge is 2.27. The molecule has 0 aliphatic heterocycles. The average molecular weight is 349 g/mol. The SMILES string of the molecule is CN(C)C(=O)[C@H](OC(=O)c1cc(-c2ccccc2)n[nH]1)c1ccccc1. The number of amides is 1. The van der Waals surface area contributed by atoms with Crippen LogP contribution in [0.2, 0.25) is 0 Å². The Hall–Kier alpha value is -3.41. The Kier molecular flexibility index (Phi) is 5.12. The number of aromatic amines is 1. The smallest absolute Gasteiger partial charge is 0.357 e. The number of nitrogens with one attached hydrogen (secondary N) is 1. The Bertz CT molecular complexity index is 889. The van der Waals surface area contributed by atoms with Crippen molar-refractivity contribution in [2.45, 2.75) is 6.10 Å². The van der Waals surface area contributed by atoms with Crippen molar-refractivity contribution < 1.29 is 14.3 Å². The number of esters is 1. The van der Waals surface area contributed by atoms with Gasteiger partial charge in [0.05, 0.1) is 5.69 Å². The van der Waals surface area contributed by atoms with Gasteiger partial charge in [-0.25, -0.2) is 4.79 Å². The number of nitrogens with zero attached hydrogens (tertiary/aromatic N) is 2. The largest absolute Gasteiger partial charge is 0.443 e. The summed E-state index contributed by atoms with van der Waals surface area (Å²) in [7, 11) is 3.24. The maximum absolute atomic E-state index is 12.5. The first-order valence-electron chi connectivity index (χ1n) is 8.14. The van der Waals surface area contributed by atoms with Gasteiger partial charge in [0.1, 0.15) is 5.69 Å². The highest BCUT2D eigenvalue weighted by molar-refractivity contribution is 5.92. The Labute approximate surface area is 151 Å². The molecule has 0 saturated carbocycles. The highest BCUT2D eigenvalue weighted by Crippen LogP contribution is 2.22. The number of benzene rings is 2. The second-order valence-electron chi connectivity index (χ2n) is 5.96. The number of hydrogen-bond acceptors (Lipinski definition) is 4. The number of H-pyrrole nitrogens is 1. The van der Waals surface area contributed by atoms with Gasteiger partial charge in [0, 0.05) is 25.2 Å². The lowest BCUT2D eigenvalue weighted by Crippen LogP contribution is -2.31. The van der Waals surface area contributed by atoms with Crippen molar-refractivity contribution in [3.63, 3.8) is 0 Å². The third-order valence-electron chi connectivity index (χ3n) is 3.86. The van der Waals surface area contributed by atoms with E-state index in [1.165, 1.54) is 4.90 Å². The lowest BCUT2D eigenvalue weighted by molar-refractivity contribution is -0.138. The van der Waals surface area contributed by atoms with Gasteiger partial charge < -0.3 is 9.64 Å². The minimum atomic E-state index is -1.01. The highest BCUT2D eigenvalue weighted by atomic mass is 16.5. The lowest BCUT2D eigenvalue weighted by Gasteiger charge is -2.20. The van der Waals surface area contributed by atoms with E-state index in [0.717, 1.165) is 5.56 Å². The number of likely N-dealkylation sites (N-methyl/N-ethyl adjacent to an activating group) is 1. The molecule has 6 nitrogen and oxygen atoms in total. The summed E-state index contributed by atoms with van der Waals surface area (Å²) in [5, 5.41) is 6.83. The molecular weight excluding hydrogens is 330 g/mol. The Balaban J connectivity index is 1.82. The molecule has 3 aromatic rings. The van der Waals surface area contributed by atoms with Crippen LogP contribution >= 0.6 is 0 Å². The zero-order valence-corrected chi connectivity index (χ0v) is 14.5. The topological polar surface area (TPSA) is 75.3 Å². The molecule has 0 aliphatic rings. The number of aromatic nitrogens is 2. The molecule has 132 valence electrons. The second-order valence-corrected chi connectivity index (χ2v) is 5.96. The predicted octanol–water partition coefficient (Wildman–Crippen LogP) is 3.06. The van der Waals surface area contributed by atoms with Gasteiger partial charge in [-0.05, 0) is 6.07 Å². The van der Waals surface area contributed by atoms with Crippen LogP contribution in [-0.4, -0.2) is 41.1 Å². The first-order chi connectivity index (χ1) is 12.6. The normalized spacial score (nSPS) is 11.6. The van der Waals surface area contributed by atoms with Crippen LogP contribution in [-0.2, 0) is 9.53 Å². The molecular formula is C20H19N3O3. The summed E-state index contributed by atoms with van der Waals surface area (Å²) in [4.78, 5) is 26.4. The van der Waals surface area contributed by atoms with Crippen molar-refractivity contribution in [1.82, 2.24) is 15.1 Å². The zero-order valence-electron chi connectivity index (χ0n) is 14.5. The van der Waals surface area contributed by atoms with Gasteiger partial charge >= 0.3 is 5.97 Å². The maximum atomic E-state index is 12.5. The fraction of sp³-hybridized carbons (Fsp3) is 0.150. The molecule has 6 heteroatoms. The van der Waals surface area contributed by atoms with Crippen LogP contribution in [0.1, 0.15) is 22.2 Å². The van der Waals surface area contributed by atoms with E-state index in [2.05, 4.69) is 10.2 Å². The minimum absolute atomic E-state index is 0.191. The first kappa shape index (κ1) is 17.4. The molecule has 2 aromatic carbocycles. The van der Waals surface area contributed by atoms with E-state index in [9.17, 15) is 9.59 Å². The third kappa shape index (κ3) is 3.80. The Morgan fingerprint density at radius 1 is 1.00 bits per heavy atom. The van der Waals surface area contributed by atoms with Crippen LogP contribution in [0.3, 0.4) is 0 Å². The van der Waals surface area contributed by atoms with E-state index < -0.39 is 12.1 Å². The molecule has 3 rings (SSSR count). The summed E-state index contributed by atoms with van der Waals surface area (Å²) in [6.07, 6.45) is -1.01. The molecule has 0 fully saturated rings. The van der Waals surface area contributed by atoms with Gasteiger partial charge in [0.2, 0.25) is 6.10 Å². The van der Waals surface area contributed by atoms with Crippen molar-refractivity contribution in [2.75, 3.05) is 14.1 Å². The number of ether oxygens (including phenoxy) is 1. The van der Waals surface area contributed by atoms with Crippen molar-refractivity contribution in [3.05, 3.63) is 78.0 Å². The standard InChI is InChI=1S/C20H19N3O3/c1-23(2)19(24)18(15-11-7-4-8-12-15)26-20(25)17-13-16(21-22-17)14-9-5-3-6-10-14/h3-13,18H,1-2H3,(H,21,22)/t18-/m1/s1. The lowest BCUT2D eigenvalue weighted by atomic mass is 10.1. The van der Waals surface area contributed by atoms with E-state index in [0.29, 0.717) is 11.3 Å². The Morgan fingerprint density at radius 2 is 1.62 bits per heavy atom. The van der Waals surface area contributed by atoms with Gasteiger partial charge in [0.25, 0.3) is 5.91 Å². The maximum Gasteiger partial charge on any atom is 0.357 e. The fourth-order valence-electron chi connectivity index (χ4n) is 2.48. The molecule has 1 aromatic heterocycles. The van der Waals surface area contributed by atoms with Crippen molar-refractivity contribution in [1.29, 1.82) is 0 Å². The molecule has 1 heterocycles. The van der Waals surface area contributed by atoms with E-state index in [-0.39, 0.29) is 11.6 Å². The molecule has 0 aliphatic carbocycles. The van der Waals surface area contributed by atoms with Crippen LogP contribution in [0.4, 0.5) is 0 Å². The molecule has 1 amide bonds. The first-order valence-corrected chi connectivity index (χ1v) is 8.14. The summed E-state index contributed by atoms with van der Waals surface area (Å²) < 4.78 is 5.49. The molecule has 1 atom stereocenters. The molecule has 0 bridgehead atoms. The molecule has 0 radical (unpaired) electrons. The minimum Gasteiger partial charge on any atom is -0.443 e. The zero-order chi connectivity index (χ0) is 18.5.